The third-order valence-electron chi connectivity index (χ3n) is 1.43. The number of ether oxygens (including phenoxy) is 1. The van der Waals surface area contributed by atoms with Crippen LogP contribution in [-0.4, -0.2) is 12.0 Å². The molecular formula is C8H5N2O3. The van der Waals surface area contributed by atoms with Crippen LogP contribution in [0.1, 0.15) is 5.56 Å². The Morgan fingerprint density at radius 1 is 1.77 bits per heavy atom. The fourth-order valence-corrected chi connectivity index (χ4v) is 0.828. The van der Waals surface area contributed by atoms with Gasteiger partial charge in [0.25, 0.3) is 5.69 Å². The summed E-state index contributed by atoms with van der Waals surface area (Å²) in [5.41, 5.74) is -0.106. The first-order valence-electron chi connectivity index (χ1n) is 3.33. The molecule has 0 amide bonds. The number of benzene rings is 1. The minimum absolute atomic E-state index is 0.132. The summed E-state index contributed by atoms with van der Waals surface area (Å²) in [7, 11) is 1.38. The quantitative estimate of drug-likeness (QED) is 0.503. The molecule has 0 spiro atoms. The van der Waals surface area contributed by atoms with E-state index >= 15 is 0 Å². The monoisotopic (exact) mass is 177 g/mol. The number of hydrogen-bond acceptors (Lipinski definition) is 4. The molecule has 1 aromatic rings. The summed E-state index contributed by atoms with van der Waals surface area (Å²) in [5, 5.41) is 18.9. The Balaban J connectivity index is 3.23. The summed E-state index contributed by atoms with van der Waals surface area (Å²) in [4.78, 5) is 9.68. The maximum absolute atomic E-state index is 10.3. The predicted molar refractivity (Wildman–Crippen MR) is 43.2 cm³/mol. The van der Waals surface area contributed by atoms with Gasteiger partial charge in [-0.2, -0.15) is 5.26 Å². The van der Waals surface area contributed by atoms with E-state index < -0.39 is 4.92 Å². The summed E-state index contributed by atoms with van der Waals surface area (Å²) in [6.07, 6.45) is 0. The molecule has 0 unspecified atom stereocenters. The summed E-state index contributed by atoms with van der Waals surface area (Å²) >= 11 is 0. The third-order valence-corrected chi connectivity index (χ3v) is 1.43. The van der Waals surface area contributed by atoms with E-state index in [0.717, 1.165) is 6.07 Å². The van der Waals surface area contributed by atoms with E-state index in [2.05, 4.69) is 6.07 Å². The highest BCUT2D eigenvalue weighted by molar-refractivity contribution is 5.49. The van der Waals surface area contributed by atoms with Crippen LogP contribution >= 0.6 is 0 Å². The molecule has 0 aliphatic rings. The second-order valence-corrected chi connectivity index (χ2v) is 2.17. The van der Waals surface area contributed by atoms with Crippen molar-refractivity contribution in [3.8, 4) is 11.8 Å². The standard InChI is InChI=1S/C8H5N2O3/c1-13-8-3-2-7(10(11)12)4-6(8)5-9/h3-4H,1H3. The minimum Gasteiger partial charge on any atom is -0.495 e. The van der Waals surface area contributed by atoms with Crippen LogP contribution in [0.3, 0.4) is 0 Å². The van der Waals surface area contributed by atoms with Crippen molar-refractivity contribution < 1.29 is 9.66 Å². The van der Waals surface area contributed by atoms with Gasteiger partial charge in [0.15, 0.2) is 0 Å². The van der Waals surface area contributed by atoms with Gasteiger partial charge in [-0.05, 0) is 6.07 Å². The van der Waals surface area contributed by atoms with Gasteiger partial charge in [0, 0.05) is 6.07 Å². The summed E-state index contributed by atoms with van der Waals surface area (Å²) in [6, 6.07) is 6.58. The van der Waals surface area contributed by atoms with Crippen molar-refractivity contribution in [3.63, 3.8) is 0 Å². The van der Waals surface area contributed by atoms with E-state index in [9.17, 15) is 10.1 Å². The molecule has 0 N–H and O–H groups in total. The van der Waals surface area contributed by atoms with E-state index in [0.29, 0.717) is 0 Å². The molecule has 0 atom stereocenters. The number of nitro groups is 1. The van der Waals surface area contributed by atoms with Crippen LogP contribution in [0.25, 0.3) is 0 Å². The fourth-order valence-electron chi connectivity index (χ4n) is 0.828. The maximum atomic E-state index is 10.3. The molecule has 0 saturated carbocycles. The average Bonchev–Trinajstić information content (AvgIpc) is 2.16. The van der Waals surface area contributed by atoms with Gasteiger partial charge in [0.05, 0.1) is 18.1 Å². The highest BCUT2D eigenvalue weighted by Crippen LogP contribution is 2.21. The lowest BCUT2D eigenvalue weighted by Gasteiger charge is -1.99. The third kappa shape index (κ3) is 1.73. The Kier molecular flexibility index (Phi) is 2.45. The highest BCUT2D eigenvalue weighted by Gasteiger charge is 2.10. The molecule has 0 saturated heterocycles. The van der Waals surface area contributed by atoms with Crippen LogP contribution in [-0.2, 0) is 0 Å². The Bertz CT molecular complexity index is 381. The lowest BCUT2D eigenvalue weighted by atomic mass is 10.2. The number of nitrogens with zero attached hydrogens (tertiary/aromatic N) is 2. The number of methoxy groups -OCH3 is 1. The minimum atomic E-state index is -0.611. The number of nitro benzene ring substituents is 1. The lowest BCUT2D eigenvalue weighted by Crippen LogP contribution is -1.92. The zero-order valence-electron chi connectivity index (χ0n) is 6.77. The molecule has 0 aromatic heterocycles. The molecule has 5 heteroatoms. The molecule has 13 heavy (non-hydrogen) atoms. The molecule has 0 aliphatic carbocycles. The van der Waals surface area contributed by atoms with Crippen LogP contribution in [0, 0.1) is 27.5 Å². The molecular weight excluding hydrogens is 172 g/mol. The van der Waals surface area contributed by atoms with Gasteiger partial charge in [-0.3, -0.25) is 10.1 Å². The molecule has 0 heterocycles. The Labute approximate surface area is 74.3 Å². The van der Waals surface area contributed by atoms with Crippen molar-refractivity contribution in [2.75, 3.05) is 7.11 Å². The van der Waals surface area contributed by atoms with Crippen LogP contribution in [0.15, 0.2) is 12.1 Å². The Hall–Kier alpha value is -2.09. The van der Waals surface area contributed by atoms with E-state index in [-0.39, 0.29) is 17.0 Å². The van der Waals surface area contributed by atoms with Crippen molar-refractivity contribution >= 4 is 5.69 Å². The van der Waals surface area contributed by atoms with Gasteiger partial charge >= 0.3 is 0 Å². The average molecular weight is 177 g/mol. The van der Waals surface area contributed by atoms with Gasteiger partial charge in [-0.1, -0.05) is 0 Å². The first-order chi connectivity index (χ1) is 6.19. The normalized spacial score (nSPS) is 8.92. The van der Waals surface area contributed by atoms with Crippen molar-refractivity contribution in [2.24, 2.45) is 0 Å². The van der Waals surface area contributed by atoms with Crippen LogP contribution in [0.2, 0.25) is 0 Å². The predicted octanol–water partition coefficient (Wildman–Crippen LogP) is 1.28. The van der Waals surface area contributed by atoms with Crippen molar-refractivity contribution in [1.82, 2.24) is 0 Å². The van der Waals surface area contributed by atoms with Gasteiger partial charge in [-0.25, -0.2) is 0 Å². The number of non-ortho nitro benzene ring substituents is 1. The highest BCUT2D eigenvalue weighted by atomic mass is 16.6. The van der Waals surface area contributed by atoms with Crippen LogP contribution in [0.4, 0.5) is 5.69 Å². The molecule has 0 fully saturated rings. The largest absolute Gasteiger partial charge is 0.495 e. The molecule has 1 radical (unpaired) electrons. The lowest BCUT2D eigenvalue weighted by molar-refractivity contribution is -0.385. The Morgan fingerprint density at radius 2 is 2.46 bits per heavy atom. The van der Waals surface area contributed by atoms with Crippen molar-refractivity contribution in [2.45, 2.75) is 0 Å². The molecule has 1 aromatic carbocycles. The second-order valence-electron chi connectivity index (χ2n) is 2.17. The zero-order chi connectivity index (χ0) is 9.84. The first kappa shape index (κ1) is 9.00. The Morgan fingerprint density at radius 3 is 2.92 bits per heavy atom. The summed E-state index contributed by atoms with van der Waals surface area (Å²) in [6.45, 7) is 0. The molecule has 65 valence electrons. The van der Waals surface area contributed by atoms with Gasteiger partial charge < -0.3 is 4.74 Å². The molecule has 0 bridgehead atoms. The first-order valence-corrected chi connectivity index (χ1v) is 3.33. The second kappa shape index (κ2) is 3.54. The van der Waals surface area contributed by atoms with Crippen molar-refractivity contribution in [3.05, 3.63) is 33.9 Å². The van der Waals surface area contributed by atoms with Crippen molar-refractivity contribution in [1.29, 1.82) is 5.26 Å². The maximum Gasteiger partial charge on any atom is 0.279 e. The van der Waals surface area contributed by atoms with Gasteiger partial charge in [-0.15, -0.1) is 0 Å². The smallest absolute Gasteiger partial charge is 0.279 e. The number of nitriles is 1. The van der Waals surface area contributed by atoms with E-state index in [1.165, 1.54) is 13.2 Å². The SMILES string of the molecule is COc1c[c]c([N+](=O)[O-])cc1C#N. The molecule has 1 rings (SSSR count). The molecule has 0 aliphatic heterocycles. The number of rotatable bonds is 2. The van der Waals surface area contributed by atoms with Crippen LogP contribution in [0.5, 0.6) is 5.75 Å². The topological polar surface area (TPSA) is 76.2 Å². The zero-order valence-corrected chi connectivity index (χ0v) is 6.77. The van der Waals surface area contributed by atoms with Gasteiger partial charge in [0.2, 0.25) is 0 Å². The summed E-state index contributed by atoms with van der Waals surface area (Å²) < 4.78 is 4.79. The van der Waals surface area contributed by atoms with Gasteiger partial charge in [0.1, 0.15) is 17.4 Å². The number of hydrogen-bond donors (Lipinski definition) is 0. The van der Waals surface area contributed by atoms with E-state index in [1.54, 1.807) is 6.07 Å². The van der Waals surface area contributed by atoms with Crippen LogP contribution < -0.4 is 4.74 Å². The van der Waals surface area contributed by atoms with E-state index in [1.807, 2.05) is 0 Å². The summed E-state index contributed by atoms with van der Waals surface area (Å²) in [5.74, 6) is 0.285. The molecule has 5 nitrogen and oxygen atoms in total. The van der Waals surface area contributed by atoms with E-state index in [4.69, 9.17) is 10.00 Å². The fraction of sp³-hybridized carbons (Fsp3) is 0.125.